The molecule has 0 aromatic carbocycles. The maximum atomic E-state index is 6.27. The van der Waals surface area contributed by atoms with Crippen molar-refractivity contribution in [3.8, 4) is 0 Å². The van der Waals surface area contributed by atoms with E-state index in [-0.39, 0.29) is 11.7 Å². The lowest BCUT2D eigenvalue weighted by Crippen LogP contribution is -2.40. The molecule has 88 valence electrons. The van der Waals surface area contributed by atoms with E-state index >= 15 is 0 Å². The van der Waals surface area contributed by atoms with Crippen LogP contribution in [0.15, 0.2) is 0 Å². The average Bonchev–Trinajstić information content (AvgIpc) is 2.12. The summed E-state index contributed by atoms with van der Waals surface area (Å²) in [6.45, 7) is 3.66. The van der Waals surface area contributed by atoms with Gasteiger partial charge in [0.05, 0.1) is 0 Å². The van der Waals surface area contributed by atoms with Crippen LogP contribution in [0.2, 0.25) is 0 Å². The summed E-state index contributed by atoms with van der Waals surface area (Å²) in [5.41, 5.74) is 17.2. The fraction of sp³-hybridized carbons (Fsp3) is 1.00. The summed E-state index contributed by atoms with van der Waals surface area (Å²) >= 11 is 0. The molecule has 0 aromatic heterocycles. The van der Waals surface area contributed by atoms with E-state index in [0.29, 0.717) is 0 Å². The maximum absolute atomic E-state index is 6.27. The third kappa shape index (κ3) is 7.26. The number of hydrogen-bond acceptors (Lipinski definition) is 4. The Hall–Kier alpha value is -0.160. The molecular weight excluding hydrogens is 176 g/mol. The molecule has 0 aromatic rings. The van der Waals surface area contributed by atoms with Crippen LogP contribution < -0.4 is 23.4 Å². The van der Waals surface area contributed by atoms with Gasteiger partial charge in [-0.05, 0) is 45.2 Å². The Balaban J connectivity index is 0. The van der Waals surface area contributed by atoms with Crippen LogP contribution in [0.4, 0.5) is 0 Å². The highest BCUT2D eigenvalue weighted by Gasteiger charge is 2.21. The van der Waals surface area contributed by atoms with Crippen molar-refractivity contribution in [2.75, 3.05) is 13.1 Å². The molecule has 0 aliphatic heterocycles. The Labute approximate surface area is 88.2 Å². The highest BCUT2D eigenvalue weighted by molar-refractivity contribution is 4.83. The standard InChI is InChI=1S/C10H25N3.H3N/c1-2-5-10(13,6-3-8-11)7-4-9-12;/h2-9,11-13H2,1H3;1H3. The summed E-state index contributed by atoms with van der Waals surface area (Å²) in [5, 5.41) is 0. The normalized spacial score (nSPS) is 11.1. The molecule has 0 unspecified atom stereocenters. The highest BCUT2D eigenvalue weighted by Crippen LogP contribution is 2.21. The Morgan fingerprint density at radius 1 is 0.929 bits per heavy atom. The minimum absolute atomic E-state index is 0. The molecule has 0 radical (unpaired) electrons. The fourth-order valence-electron chi connectivity index (χ4n) is 1.78. The summed E-state index contributed by atoms with van der Waals surface area (Å²) < 4.78 is 0. The lowest BCUT2D eigenvalue weighted by atomic mass is 9.85. The molecule has 0 heterocycles. The monoisotopic (exact) mass is 204 g/mol. The van der Waals surface area contributed by atoms with Crippen molar-refractivity contribution < 1.29 is 0 Å². The van der Waals surface area contributed by atoms with Gasteiger partial charge in [0, 0.05) is 5.54 Å². The molecule has 0 aliphatic carbocycles. The van der Waals surface area contributed by atoms with Gasteiger partial charge < -0.3 is 23.4 Å². The molecule has 0 amide bonds. The van der Waals surface area contributed by atoms with Gasteiger partial charge in [0.25, 0.3) is 0 Å². The van der Waals surface area contributed by atoms with Crippen molar-refractivity contribution in [1.29, 1.82) is 0 Å². The van der Waals surface area contributed by atoms with Crippen LogP contribution in [0.25, 0.3) is 0 Å². The quantitative estimate of drug-likeness (QED) is 0.474. The van der Waals surface area contributed by atoms with Gasteiger partial charge in [0.1, 0.15) is 0 Å². The van der Waals surface area contributed by atoms with Crippen molar-refractivity contribution in [1.82, 2.24) is 6.15 Å². The van der Waals surface area contributed by atoms with E-state index < -0.39 is 0 Å². The molecule has 0 bridgehead atoms. The Kier molecular flexibility index (Phi) is 10.9. The predicted molar refractivity (Wildman–Crippen MR) is 63.4 cm³/mol. The minimum Gasteiger partial charge on any atom is -0.344 e. The van der Waals surface area contributed by atoms with Crippen LogP contribution in [0, 0.1) is 0 Å². The van der Waals surface area contributed by atoms with Crippen LogP contribution in [-0.2, 0) is 0 Å². The van der Waals surface area contributed by atoms with E-state index in [4.69, 9.17) is 17.2 Å². The van der Waals surface area contributed by atoms with Crippen LogP contribution in [-0.4, -0.2) is 18.6 Å². The first-order valence-electron chi connectivity index (χ1n) is 5.37. The van der Waals surface area contributed by atoms with Gasteiger partial charge in [-0.25, -0.2) is 0 Å². The lowest BCUT2D eigenvalue weighted by Gasteiger charge is -2.29. The molecule has 9 N–H and O–H groups in total. The van der Waals surface area contributed by atoms with Gasteiger partial charge in [-0.3, -0.25) is 0 Å². The maximum Gasteiger partial charge on any atom is 0.0155 e. The summed E-state index contributed by atoms with van der Waals surface area (Å²) in [6.07, 6.45) is 6.37. The highest BCUT2D eigenvalue weighted by atomic mass is 14.7. The molecule has 0 aliphatic rings. The Morgan fingerprint density at radius 2 is 1.36 bits per heavy atom. The first kappa shape index (κ1) is 16.3. The summed E-state index contributed by atoms with van der Waals surface area (Å²) in [4.78, 5) is 0. The molecule has 0 spiro atoms. The summed E-state index contributed by atoms with van der Waals surface area (Å²) in [5.74, 6) is 0. The van der Waals surface area contributed by atoms with E-state index in [9.17, 15) is 0 Å². The smallest absolute Gasteiger partial charge is 0.0155 e. The van der Waals surface area contributed by atoms with E-state index in [2.05, 4.69) is 6.92 Å². The van der Waals surface area contributed by atoms with Crippen molar-refractivity contribution in [2.24, 2.45) is 17.2 Å². The average molecular weight is 204 g/mol. The van der Waals surface area contributed by atoms with Gasteiger partial charge in [0.15, 0.2) is 0 Å². The number of rotatable bonds is 8. The SMILES string of the molecule is CCCC(N)(CCCN)CCCN.N. The van der Waals surface area contributed by atoms with Crippen molar-refractivity contribution in [2.45, 2.75) is 51.0 Å². The Bertz CT molecular complexity index is 109. The van der Waals surface area contributed by atoms with Gasteiger partial charge in [-0.15, -0.1) is 0 Å². The zero-order valence-corrected chi connectivity index (χ0v) is 9.60. The molecule has 0 saturated heterocycles. The molecule has 0 fully saturated rings. The van der Waals surface area contributed by atoms with E-state index in [1.54, 1.807) is 0 Å². The third-order valence-electron chi connectivity index (χ3n) is 2.51. The Morgan fingerprint density at radius 3 is 1.64 bits per heavy atom. The van der Waals surface area contributed by atoms with Gasteiger partial charge in [-0.2, -0.15) is 0 Å². The van der Waals surface area contributed by atoms with E-state index in [1.807, 2.05) is 0 Å². The predicted octanol–water partition coefficient (Wildman–Crippen LogP) is 1.12. The second-order valence-corrected chi connectivity index (χ2v) is 3.90. The van der Waals surface area contributed by atoms with Crippen LogP contribution in [0.1, 0.15) is 45.4 Å². The second-order valence-electron chi connectivity index (χ2n) is 3.90. The third-order valence-corrected chi connectivity index (χ3v) is 2.51. The van der Waals surface area contributed by atoms with Crippen LogP contribution >= 0.6 is 0 Å². The molecular formula is C10H28N4. The second kappa shape index (κ2) is 9.40. The van der Waals surface area contributed by atoms with Crippen molar-refractivity contribution >= 4 is 0 Å². The molecule has 4 nitrogen and oxygen atoms in total. The molecule has 0 rings (SSSR count). The largest absolute Gasteiger partial charge is 0.344 e. The zero-order valence-electron chi connectivity index (χ0n) is 9.60. The van der Waals surface area contributed by atoms with Crippen molar-refractivity contribution in [3.63, 3.8) is 0 Å². The van der Waals surface area contributed by atoms with E-state index in [0.717, 1.165) is 51.6 Å². The number of nitrogens with two attached hydrogens (primary N) is 3. The van der Waals surface area contributed by atoms with E-state index in [1.165, 1.54) is 0 Å². The minimum atomic E-state index is -0.00646. The lowest BCUT2D eigenvalue weighted by molar-refractivity contribution is 0.324. The van der Waals surface area contributed by atoms with Gasteiger partial charge in [-0.1, -0.05) is 13.3 Å². The van der Waals surface area contributed by atoms with Crippen LogP contribution in [0.5, 0.6) is 0 Å². The zero-order chi connectivity index (χ0) is 10.2. The molecule has 0 atom stereocenters. The topological polar surface area (TPSA) is 113 Å². The van der Waals surface area contributed by atoms with Gasteiger partial charge >= 0.3 is 0 Å². The molecule has 14 heavy (non-hydrogen) atoms. The summed E-state index contributed by atoms with van der Waals surface area (Å²) in [7, 11) is 0. The fourth-order valence-corrected chi connectivity index (χ4v) is 1.78. The summed E-state index contributed by atoms with van der Waals surface area (Å²) in [6, 6.07) is 0. The van der Waals surface area contributed by atoms with Crippen molar-refractivity contribution in [3.05, 3.63) is 0 Å². The first-order chi connectivity index (χ1) is 6.18. The number of hydrogen-bond donors (Lipinski definition) is 4. The van der Waals surface area contributed by atoms with Crippen LogP contribution in [0.3, 0.4) is 0 Å². The molecule has 4 heteroatoms. The van der Waals surface area contributed by atoms with Gasteiger partial charge in [0.2, 0.25) is 0 Å². The first-order valence-corrected chi connectivity index (χ1v) is 5.37. The molecule has 0 saturated carbocycles.